The molecule has 0 radical (unpaired) electrons. The average molecular weight is 280 g/mol. The van der Waals surface area contributed by atoms with Crippen LogP contribution in [0.2, 0.25) is 0 Å². The number of carbonyl (C=O) groups excluding carboxylic acids is 2. The van der Waals surface area contributed by atoms with Gasteiger partial charge in [0.15, 0.2) is 0 Å². The fraction of sp³-hybridized carbons (Fsp3) is 0.867. The molecule has 5 nitrogen and oxygen atoms in total. The van der Waals surface area contributed by atoms with Crippen molar-refractivity contribution in [1.29, 1.82) is 0 Å². The zero-order valence-corrected chi connectivity index (χ0v) is 12.0. The average Bonchev–Trinajstić information content (AvgIpc) is 2.75. The SMILES string of the molecule is O=C1CCC(=O)N1CCN1CCC2(O)CCCCC2C1. The van der Waals surface area contributed by atoms with E-state index in [0.717, 1.165) is 45.3 Å². The molecular weight excluding hydrogens is 256 g/mol. The van der Waals surface area contributed by atoms with Crippen molar-refractivity contribution in [1.82, 2.24) is 9.80 Å². The molecule has 2 heterocycles. The van der Waals surface area contributed by atoms with Crippen molar-refractivity contribution in [2.24, 2.45) is 5.92 Å². The molecule has 0 aromatic rings. The molecule has 20 heavy (non-hydrogen) atoms. The van der Waals surface area contributed by atoms with Gasteiger partial charge in [-0.3, -0.25) is 14.5 Å². The molecule has 112 valence electrons. The number of hydrogen-bond donors (Lipinski definition) is 1. The van der Waals surface area contributed by atoms with Gasteiger partial charge in [-0.1, -0.05) is 12.8 Å². The number of nitrogens with zero attached hydrogens (tertiary/aromatic N) is 2. The van der Waals surface area contributed by atoms with Crippen LogP contribution in [-0.4, -0.2) is 58.5 Å². The second-order valence-corrected chi connectivity index (χ2v) is 6.54. The van der Waals surface area contributed by atoms with Gasteiger partial charge in [0.05, 0.1) is 5.60 Å². The minimum atomic E-state index is -0.450. The van der Waals surface area contributed by atoms with Crippen LogP contribution in [0.1, 0.15) is 44.9 Å². The Morgan fingerprint density at radius 2 is 1.85 bits per heavy atom. The molecule has 2 unspecified atom stereocenters. The number of amides is 2. The van der Waals surface area contributed by atoms with Gasteiger partial charge in [-0.2, -0.15) is 0 Å². The van der Waals surface area contributed by atoms with Gasteiger partial charge < -0.3 is 10.0 Å². The standard InChI is InChI=1S/C15H24N2O3/c18-13-4-5-14(19)17(13)10-9-16-8-7-15(20)6-2-1-3-12(15)11-16/h12,20H,1-11H2. The fourth-order valence-corrected chi connectivity index (χ4v) is 3.96. The van der Waals surface area contributed by atoms with Crippen molar-refractivity contribution < 1.29 is 14.7 Å². The lowest BCUT2D eigenvalue weighted by molar-refractivity contribution is -0.139. The molecule has 2 saturated heterocycles. The molecule has 2 amide bonds. The number of aliphatic hydroxyl groups is 1. The quantitative estimate of drug-likeness (QED) is 0.776. The highest BCUT2D eigenvalue weighted by Gasteiger charge is 2.42. The Morgan fingerprint density at radius 3 is 2.60 bits per heavy atom. The minimum absolute atomic E-state index is 0.0267. The molecule has 3 rings (SSSR count). The Balaban J connectivity index is 1.52. The van der Waals surface area contributed by atoms with Crippen LogP contribution in [0.4, 0.5) is 0 Å². The largest absolute Gasteiger partial charge is 0.390 e. The molecule has 5 heteroatoms. The van der Waals surface area contributed by atoms with Crippen molar-refractivity contribution in [2.45, 2.75) is 50.5 Å². The molecule has 0 aromatic heterocycles. The van der Waals surface area contributed by atoms with E-state index in [4.69, 9.17) is 0 Å². The Morgan fingerprint density at radius 1 is 1.10 bits per heavy atom. The summed E-state index contributed by atoms with van der Waals surface area (Å²) in [6.07, 6.45) is 5.98. The Kier molecular flexibility index (Phi) is 3.82. The normalized spacial score (nSPS) is 35.5. The Hall–Kier alpha value is -0.940. The van der Waals surface area contributed by atoms with E-state index in [-0.39, 0.29) is 11.8 Å². The van der Waals surface area contributed by atoms with E-state index >= 15 is 0 Å². The predicted molar refractivity (Wildman–Crippen MR) is 73.9 cm³/mol. The molecule has 3 fully saturated rings. The van der Waals surface area contributed by atoms with E-state index in [1.807, 2.05) is 0 Å². The van der Waals surface area contributed by atoms with Gasteiger partial charge in [0.1, 0.15) is 0 Å². The van der Waals surface area contributed by atoms with Gasteiger partial charge in [-0.15, -0.1) is 0 Å². The van der Waals surface area contributed by atoms with Crippen molar-refractivity contribution >= 4 is 11.8 Å². The fourth-order valence-electron chi connectivity index (χ4n) is 3.96. The summed E-state index contributed by atoms with van der Waals surface area (Å²) in [5.41, 5.74) is -0.450. The summed E-state index contributed by atoms with van der Waals surface area (Å²) < 4.78 is 0. The first kappa shape index (κ1) is 14.0. The lowest BCUT2D eigenvalue weighted by atomic mass is 9.71. The van der Waals surface area contributed by atoms with E-state index in [0.29, 0.717) is 25.3 Å². The number of imide groups is 1. The van der Waals surface area contributed by atoms with Gasteiger partial charge in [0, 0.05) is 44.9 Å². The third-order valence-corrected chi connectivity index (χ3v) is 5.31. The van der Waals surface area contributed by atoms with Gasteiger partial charge >= 0.3 is 0 Å². The number of fused-ring (bicyclic) bond motifs is 1. The van der Waals surface area contributed by atoms with Gasteiger partial charge in [-0.05, 0) is 19.3 Å². The van der Waals surface area contributed by atoms with Crippen molar-refractivity contribution in [2.75, 3.05) is 26.2 Å². The van der Waals surface area contributed by atoms with Crippen LogP contribution in [0, 0.1) is 5.92 Å². The molecule has 0 bridgehead atoms. The molecular formula is C15H24N2O3. The second-order valence-electron chi connectivity index (χ2n) is 6.54. The zero-order chi connectivity index (χ0) is 14.2. The summed E-state index contributed by atoms with van der Waals surface area (Å²) in [7, 11) is 0. The second kappa shape index (κ2) is 5.45. The van der Waals surface area contributed by atoms with Crippen LogP contribution in [0.15, 0.2) is 0 Å². The van der Waals surface area contributed by atoms with E-state index in [2.05, 4.69) is 4.90 Å². The van der Waals surface area contributed by atoms with Crippen LogP contribution >= 0.6 is 0 Å². The van der Waals surface area contributed by atoms with Crippen LogP contribution in [0.5, 0.6) is 0 Å². The molecule has 0 aromatic carbocycles. The van der Waals surface area contributed by atoms with Crippen LogP contribution in [0.3, 0.4) is 0 Å². The van der Waals surface area contributed by atoms with Gasteiger partial charge in [0.25, 0.3) is 0 Å². The molecule has 3 aliphatic rings. The third kappa shape index (κ3) is 2.61. The summed E-state index contributed by atoms with van der Waals surface area (Å²) in [6.45, 7) is 3.06. The van der Waals surface area contributed by atoms with Crippen LogP contribution < -0.4 is 0 Å². The highest BCUT2D eigenvalue weighted by Crippen LogP contribution is 2.39. The Labute approximate surface area is 119 Å². The van der Waals surface area contributed by atoms with E-state index in [1.54, 1.807) is 0 Å². The van der Waals surface area contributed by atoms with Crippen molar-refractivity contribution in [3.05, 3.63) is 0 Å². The highest BCUT2D eigenvalue weighted by molar-refractivity contribution is 6.01. The maximum Gasteiger partial charge on any atom is 0.229 e. The molecule has 1 N–H and O–H groups in total. The third-order valence-electron chi connectivity index (χ3n) is 5.31. The van der Waals surface area contributed by atoms with E-state index in [9.17, 15) is 14.7 Å². The van der Waals surface area contributed by atoms with Crippen LogP contribution in [0.25, 0.3) is 0 Å². The molecule has 2 atom stereocenters. The number of rotatable bonds is 3. The van der Waals surface area contributed by atoms with Gasteiger partial charge in [0.2, 0.25) is 11.8 Å². The lowest BCUT2D eigenvalue weighted by Gasteiger charge is -2.47. The molecule has 1 saturated carbocycles. The predicted octanol–water partition coefficient (Wildman–Crippen LogP) is 0.762. The summed E-state index contributed by atoms with van der Waals surface area (Å²) in [5, 5.41) is 10.6. The smallest absolute Gasteiger partial charge is 0.229 e. The summed E-state index contributed by atoms with van der Waals surface area (Å²) in [6, 6.07) is 0. The van der Waals surface area contributed by atoms with Gasteiger partial charge in [-0.25, -0.2) is 0 Å². The summed E-state index contributed by atoms with van der Waals surface area (Å²) in [5.74, 6) is 0.317. The summed E-state index contributed by atoms with van der Waals surface area (Å²) >= 11 is 0. The number of hydrogen-bond acceptors (Lipinski definition) is 4. The first-order chi connectivity index (χ1) is 9.58. The highest BCUT2D eigenvalue weighted by atomic mass is 16.3. The maximum atomic E-state index is 11.6. The number of carbonyl (C=O) groups is 2. The van der Waals surface area contributed by atoms with E-state index < -0.39 is 5.60 Å². The summed E-state index contributed by atoms with van der Waals surface area (Å²) in [4.78, 5) is 26.9. The van der Waals surface area contributed by atoms with Crippen LogP contribution in [-0.2, 0) is 9.59 Å². The Bertz CT molecular complexity index is 396. The minimum Gasteiger partial charge on any atom is -0.390 e. The molecule has 2 aliphatic heterocycles. The molecule has 0 spiro atoms. The first-order valence-corrected chi connectivity index (χ1v) is 7.86. The van der Waals surface area contributed by atoms with Crippen molar-refractivity contribution in [3.63, 3.8) is 0 Å². The number of piperidine rings is 1. The number of likely N-dealkylation sites (tertiary alicyclic amines) is 2. The monoisotopic (exact) mass is 280 g/mol. The topological polar surface area (TPSA) is 60.9 Å². The lowest BCUT2D eigenvalue weighted by Crippen LogP contribution is -2.54. The van der Waals surface area contributed by atoms with Crippen molar-refractivity contribution in [3.8, 4) is 0 Å². The van der Waals surface area contributed by atoms with E-state index in [1.165, 1.54) is 11.3 Å². The first-order valence-electron chi connectivity index (χ1n) is 7.86. The maximum absolute atomic E-state index is 11.6. The zero-order valence-electron chi connectivity index (χ0n) is 12.0. The molecule has 1 aliphatic carbocycles.